The SMILES string of the molecule is O=C(NCC(O)Cc1ccccc1)c1c[nH]cc1-c1ccc(F)cc1. The van der Waals surface area contributed by atoms with Gasteiger partial charge in [-0.25, -0.2) is 4.39 Å². The number of aromatic amines is 1. The van der Waals surface area contributed by atoms with E-state index in [0.29, 0.717) is 17.5 Å². The van der Waals surface area contributed by atoms with Crippen molar-refractivity contribution in [2.75, 3.05) is 6.54 Å². The summed E-state index contributed by atoms with van der Waals surface area (Å²) in [6.07, 6.45) is 3.10. The fourth-order valence-electron chi connectivity index (χ4n) is 2.68. The maximum Gasteiger partial charge on any atom is 0.253 e. The minimum absolute atomic E-state index is 0.155. The first-order valence-corrected chi connectivity index (χ1v) is 8.06. The molecule has 1 amide bonds. The highest BCUT2D eigenvalue weighted by Gasteiger charge is 2.15. The Hall–Kier alpha value is -2.92. The van der Waals surface area contributed by atoms with Crippen LogP contribution in [-0.2, 0) is 6.42 Å². The number of hydrogen-bond donors (Lipinski definition) is 3. The van der Waals surface area contributed by atoms with Gasteiger partial charge in [-0.2, -0.15) is 0 Å². The van der Waals surface area contributed by atoms with Crippen LogP contribution in [0.15, 0.2) is 67.0 Å². The predicted octanol–water partition coefficient (Wildman–Crippen LogP) is 3.15. The lowest BCUT2D eigenvalue weighted by Gasteiger charge is -2.12. The zero-order valence-electron chi connectivity index (χ0n) is 13.6. The molecular formula is C20H19FN2O2. The van der Waals surface area contributed by atoms with Crippen LogP contribution in [0, 0.1) is 5.82 Å². The van der Waals surface area contributed by atoms with Gasteiger partial charge in [-0.3, -0.25) is 4.79 Å². The maximum absolute atomic E-state index is 13.1. The Bertz CT molecular complexity index is 828. The first-order chi connectivity index (χ1) is 12.1. The molecule has 0 aliphatic rings. The molecule has 4 nitrogen and oxygen atoms in total. The molecule has 0 saturated carbocycles. The zero-order chi connectivity index (χ0) is 17.6. The summed E-state index contributed by atoms with van der Waals surface area (Å²) >= 11 is 0. The van der Waals surface area contributed by atoms with E-state index in [2.05, 4.69) is 10.3 Å². The number of hydrogen-bond acceptors (Lipinski definition) is 2. The molecule has 0 aliphatic heterocycles. The highest BCUT2D eigenvalue weighted by Crippen LogP contribution is 2.23. The van der Waals surface area contributed by atoms with Gasteiger partial charge in [-0.1, -0.05) is 42.5 Å². The highest BCUT2D eigenvalue weighted by molar-refractivity contribution is 6.00. The van der Waals surface area contributed by atoms with Crippen LogP contribution in [0.2, 0.25) is 0 Å². The van der Waals surface area contributed by atoms with Crippen molar-refractivity contribution in [2.45, 2.75) is 12.5 Å². The Morgan fingerprint density at radius 3 is 2.52 bits per heavy atom. The number of amides is 1. The largest absolute Gasteiger partial charge is 0.391 e. The summed E-state index contributed by atoms with van der Waals surface area (Å²) in [4.78, 5) is 15.3. The summed E-state index contributed by atoms with van der Waals surface area (Å²) in [7, 11) is 0. The van der Waals surface area contributed by atoms with Gasteiger partial charge < -0.3 is 15.4 Å². The van der Waals surface area contributed by atoms with Crippen molar-refractivity contribution in [1.82, 2.24) is 10.3 Å². The normalized spacial score (nSPS) is 11.9. The molecule has 0 spiro atoms. The minimum Gasteiger partial charge on any atom is -0.391 e. The van der Waals surface area contributed by atoms with E-state index in [1.165, 1.54) is 12.1 Å². The van der Waals surface area contributed by atoms with E-state index in [4.69, 9.17) is 0 Å². The summed E-state index contributed by atoms with van der Waals surface area (Å²) < 4.78 is 13.1. The van der Waals surface area contributed by atoms with Gasteiger partial charge in [0, 0.05) is 30.9 Å². The average molecular weight is 338 g/mol. The molecule has 0 saturated heterocycles. The van der Waals surface area contributed by atoms with Gasteiger partial charge in [0.15, 0.2) is 0 Å². The molecule has 3 N–H and O–H groups in total. The van der Waals surface area contributed by atoms with E-state index >= 15 is 0 Å². The van der Waals surface area contributed by atoms with Crippen LogP contribution in [0.1, 0.15) is 15.9 Å². The lowest BCUT2D eigenvalue weighted by Crippen LogP contribution is -2.33. The Morgan fingerprint density at radius 1 is 1.08 bits per heavy atom. The fourth-order valence-corrected chi connectivity index (χ4v) is 2.68. The molecule has 0 fully saturated rings. The number of benzene rings is 2. The van der Waals surface area contributed by atoms with Crippen LogP contribution in [0.5, 0.6) is 0 Å². The number of aromatic nitrogens is 1. The molecule has 128 valence electrons. The third kappa shape index (κ3) is 4.33. The van der Waals surface area contributed by atoms with Crippen LogP contribution >= 0.6 is 0 Å². The fraction of sp³-hybridized carbons (Fsp3) is 0.150. The number of halogens is 1. The molecule has 1 heterocycles. The topological polar surface area (TPSA) is 65.1 Å². The number of carbonyl (C=O) groups is 1. The van der Waals surface area contributed by atoms with Crippen molar-refractivity contribution in [2.24, 2.45) is 0 Å². The average Bonchev–Trinajstić information content (AvgIpc) is 3.11. The number of H-pyrrole nitrogens is 1. The zero-order valence-corrected chi connectivity index (χ0v) is 13.6. The molecule has 2 aromatic carbocycles. The van der Waals surface area contributed by atoms with E-state index in [1.807, 2.05) is 30.3 Å². The maximum atomic E-state index is 13.1. The van der Waals surface area contributed by atoms with Crippen molar-refractivity contribution >= 4 is 5.91 Å². The predicted molar refractivity (Wildman–Crippen MR) is 94.7 cm³/mol. The van der Waals surface area contributed by atoms with E-state index in [9.17, 15) is 14.3 Å². The van der Waals surface area contributed by atoms with E-state index in [-0.39, 0.29) is 18.3 Å². The second kappa shape index (κ2) is 7.77. The van der Waals surface area contributed by atoms with Crippen LogP contribution in [-0.4, -0.2) is 28.6 Å². The molecule has 3 aromatic rings. The molecule has 3 rings (SSSR count). The number of carbonyl (C=O) groups excluding carboxylic acids is 1. The van der Waals surface area contributed by atoms with Gasteiger partial charge in [0.05, 0.1) is 11.7 Å². The van der Waals surface area contributed by atoms with E-state index < -0.39 is 6.10 Å². The third-order valence-corrected chi connectivity index (χ3v) is 3.96. The summed E-state index contributed by atoms with van der Waals surface area (Å²) in [5, 5.41) is 12.8. The molecule has 5 heteroatoms. The van der Waals surface area contributed by atoms with Crippen molar-refractivity contribution < 1.29 is 14.3 Å². The van der Waals surface area contributed by atoms with Gasteiger partial charge >= 0.3 is 0 Å². The van der Waals surface area contributed by atoms with Crippen LogP contribution in [0.25, 0.3) is 11.1 Å². The number of nitrogens with one attached hydrogen (secondary N) is 2. The van der Waals surface area contributed by atoms with Crippen LogP contribution < -0.4 is 5.32 Å². The number of aliphatic hydroxyl groups is 1. The molecule has 1 unspecified atom stereocenters. The van der Waals surface area contributed by atoms with Gasteiger partial charge in [-0.15, -0.1) is 0 Å². The second-order valence-corrected chi connectivity index (χ2v) is 5.84. The highest BCUT2D eigenvalue weighted by atomic mass is 19.1. The monoisotopic (exact) mass is 338 g/mol. The first-order valence-electron chi connectivity index (χ1n) is 8.06. The van der Waals surface area contributed by atoms with Gasteiger partial charge in [0.25, 0.3) is 5.91 Å². The van der Waals surface area contributed by atoms with Crippen molar-refractivity contribution in [3.8, 4) is 11.1 Å². The molecular weight excluding hydrogens is 319 g/mol. The molecule has 0 radical (unpaired) electrons. The number of aliphatic hydroxyl groups excluding tert-OH is 1. The summed E-state index contributed by atoms with van der Waals surface area (Å²) in [5.41, 5.74) is 2.91. The number of rotatable bonds is 6. The Morgan fingerprint density at radius 2 is 1.80 bits per heavy atom. The lowest BCUT2D eigenvalue weighted by atomic mass is 10.0. The van der Waals surface area contributed by atoms with E-state index in [1.54, 1.807) is 24.5 Å². The van der Waals surface area contributed by atoms with E-state index in [0.717, 1.165) is 11.1 Å². The second-order valence-electron chi connectivity index (χ2n) is 5.84. The summed E-state index contributed by atoms with van der Waals surface area (Å²) in [6, 6.07) is 15.6. The lowest BCUT2D eigenvalue weighted by molar-refractivity contribution is 0.0916. The quantitative estimate of drug-likeness (QED) is 0.646. The Balaban J connectivity index is 1.62. The minimum atomic E-state index is -0.667. The molecule has 1 aromatic heterocycles. The van der Waals surface area contributed by atoms with Gasteiger partial charge in [-0.05, 0) is 23.3 Å². The van der Waals surface area contributed by atoms with Crippen molar-refractivity contribution in [3.63, 3.8) is 0 Å². The third-order valence-electron chi connectivity index (χ3n) is 3.96. The van der Waals surface area contributed by atoms with Gasteiger partial charge in [0.1, 0.15) is 5.82 Å². The molecule has 25 heavy (non-hydrogen) atoms. The van der Waals surface area contributed by atoms with Crippen LogP contribution in [0.4, 0.5) is 4.39 Å². The molecule has 0 aliphatic carbocycles. The van der Waals surface area contributed by atoms with Crippen molar-refractivity contribution in [3.05, 3.63) is 83.9 Å². The Kier molecular flexibility index (Phi) is 5.26. The molecule has 0 bridgehead atoms. The molecule has 1 atom stereocenters. The Labute approximate surface area is 145 Å². The standard InChI is InChI=1S/C20H19FN2O2/c21-16-8-6-15(7-9-16)18-12-22-13-19(18)20(25)23-11-17(24)10-14-4-2-1-3-5-14/h1-9,12-13,17,22,24H,10-11H2,(H,23,25). The smallest absolute Gasteiger partial charge is 0.253 e. The van der Waals surface area contributed by atoms with Gasteiger partial charge in [0.2, 0.25) is 0 Å². The summed E-state index contributed by atoms with van der Waals surface area (Å²) in [6.45, 7) is 0.155. The summed E-state index contributed by atoms with van der Waals surface area (Å²) in [5.74, 6) is -0.609. The van der Waals surface area contributed by atoms with Crippen molar-refractivity contribution in [1.29, 1.82) is 0 Å². The first kappa shape index (κ1) is 16.9. The van der Waals surface area contributed by atoms with Crippen LogP contribution in [0.3, 0.4) is 0 Å².